The zero-order chi connectivity index (χ0) is 18.2. The third-order valence-electron chi connectivity index (χ3n) is 4.52. The summed E-state index contributed by atoms with van der Waals surface area (Å²) in [6.45, 7) is 0. The van der Waals surface area contributed by atoms with Crippen molar-refractivity contribution in [1.29, 1.82) is 0 Å². The fraction of sp³-hybridized carbons (Fsp3) is 0.333. The van der Waals surface area contributed by atoms with E-state index in [0.29, 0.717) is 5.56 Å². The van der Waals surface area contributed by atoms with Crippen LogP contribution in [-0.2, 0) is 16.9 Å². The lowest BCUT2D eigenvalue weighted by atomic mass is 9.77. The molecule has 1 heterocycles. The van der Waals surface area contributed by atoms with Gasteiger partial charge in [-0.15, -0.1) is 0 Å². The molecule has 1 N–H and O–H groups in total. The number of aliphatic hydroxyl groups excluding tert-OH is 1. The monoisotopic (exact) mass is 385 g/mol. The summed E-state index contributed by atoms with van der Waals surface area (Å²) in [4.78, 5) is 16.6. The van der Waals surface area contributed by atoms with E-state index in [2.05, 4.69) is 4.98 Å². The van der Waals surface area contributed by atoms with Crippen molar-refractivity contribution in [3.63, 3.8) is 0 Å². The summed E-state index contributed by atoms with van der Waals surface area (Å²) in [6.07, 6.45) is 0.611. The number of aliphatic hydroxyl groups is 1. The van der Waals surface area contributed by atoms with Gasteiger partial charge in [0.1, 0.15) is 5.82 Å². The van der Waals surface area contributed by atoms with Crippen molar-refractivity contribution in [2.45, 2.75) is 37.5 Å². The van der Waals surface area contributed by atoms with Crippen LogP contribution >= 0.6 is 23.2 Å². The van der Waals surface area contributed by atoms with E-state index in [0.717, 1.165) is 6.07 Å². The SMILES string of the molecule is O=C(CCc1ccc(F)c(Cl)c1Cl)[C@]1(F)CC[C@H](O)c2ncccc21. The Kier molecular flexibility index (Phi) is 5.09. The number of hydrogen-bond donors (Lipinski definition) is 1. The first-order valence-corrected chi connectivity index (χ1v) is 8.58. The number of pyridine rings is 1. The third kappa shape index (κ3) is 3.28. The van der Waals surface area contributed by atoms with E-state index in [1.165, 1.54) is 24.4 Å². The minimum absolute atomic E-state index is 0.0310. The molecule has 1 aliphatic rings. The van der Waals surface area contributed by atoms with Crippen LogP contribution in [0.1, 0.15) is 42.2 Å². The molecule has 3 nitrogen and oxygen atoms in total. The average Bonchev–Trinajstić information content (AvgIpc) is 2.62. The van der Waals surface area contributed by atoms with Crippen molar-refractivity contribution in [1.82, 2.24) is 4.98 Å². The lowest BCUT2D eigenvalue weighted by molar-refractivity contribution is -0.133. The highest BCUT2D eigenvalue weighted by molar-refractivity contribution is 6.42. The number of aromatic nitrogens is 1. The minimum atomic E-state index is -2.20. The molecule has 1 aromatic carbocycles. The third-order valence-corrected chi connectivity index (χ3v) is 5.42. The summed E-state index contributed by atoms with van der Waals surface area (Å²) in [6, 6.07) is 5.61. The summed E-state index contributed by atoms with van der Waals surface area (Å²) in [5, 5.41) is 9.79. The van der Waals surface area contributed by atoms with Gasteiger partial charge in [-0.1, -0.05) is 35.3 Å². The Bertz CT molecular complexity index is 831. The predicted octanol–water partition coefficient (Wildman–Crippen LogP) is 4.72. The van der Waals surface area contributed by atoms with Crippen molar-refractivity contribution < 1.29 is 18.7 Å². The lowest BCUT2D eigenvalue weighted by Gasteiger charge is -2.32. The van der Waals surface area contributed by atoms with Gasteiger partial charge in [-0.3, -0.25) is 9.78 Å². The number of halogens is 4. The van der Waals surface area contributed by atoms with E-state index >= 15 is 4.39 Å². The summed E-state index contributed by atoms with van der Waals surface area (Å²) in [7, 11) is 0. The standard InChI is InChI=1S/C18H15Cl2F2NO2/c19-15-10(3-5-12(21)16(15)20)4-6-14(25)18(22)8-7-13(24)17-11(18)2-1-9-23-17/h1-3,5,9,13,24H,4,6-8H2/t13-,18-/m0/s1. The Morgan fingerprint density at radius 2 is 2.08 bits per heavy atom. The van der Waals surface area contributed by atoms with Gasteiger partial charge >= 0.3 is 0 Å². The summed E-state index contributed by atoms with van der Waals surface area (Å²) < 4.78 is 28.8. The van der Waals surface area contributed by atoms with E-state index in [9.17, 15) is 14.3 Å². The molecule has 0 bridgehead atoms. The first-order valence-electron chi connectivity index (χ1n) is 7.82. The number of aryl methyl sites for hydroxylation is 1. The molecule has 3 rings (SSSR count). The van der Waals surface area contributed by atoms with Crippen molar-refractivity contribution in [2.24, 2.45) is 0 Å². The van der Waals surface area contributed by atoms with Gasteiger partial charge in [-0.2, -0.15) is 0 Å². The van der Waals surface area contributed by atoms with Gasteiger partial charge in [-0.25, -0.2) is 8.78 Å². The van der Waals surface area contributed by atoms with Gasteiger partial charge < -0.3 is 5.11 Å². The molecule has 0 radical (unpaired) electrons. The highest BCUT2D eigenvalue weighted by Crippen LogP contribution is 2.43. The molecular weight excluding hydrogens is 371 g/mol. The molecule has 0 saturated heterocycles. The second-order valence-corrected chi connectivity index (χ2v) is 6.81. The van der Waals surface area contributed by atoms with Crippen molar-refractivity contribution in [3.8, 4) is 0 Å². The number of carbonyl (C=O) groups excluding carboxylic acids is 1. The minimum Gasteiger partial charge on any atom is -0.387 e. The molecule has 1 aliphatic carbocycles. The van der Waals surface area contributed by atoms with E-state index in [1.54, 1.807) is 0 Å². The number of rotatable bonds is 4. The quantitative estimate of drug-likeness (QED) is 0.774. The molecule has 0 unspecified atom stereocenters. The molecule has 2 atom stereocenters. The fourth-order valence-electron chi connectivity index (χ4n) is 3.12. The highest BCUT2D eigenvalue weighted by Gasteiger charge is 2.45. The normalized spacial score (nSPS) is 22.5. The second kappa shape index (κ2) is 6.98. The zero-order valence-corrected chi connectivity index (χ0v) is 14.6. The van der Waals surface area contributed by atoms with Gasteiger partial charge in [0.15, 0.2) is 11.5 Å². The molecule has 7 heteroatoms. The van der Waals surface area contributed by atoms with Gasteiger partial charge in [0.25, 0.3) is 0 Å². The Labute approximate surface area is 153 Å². The first-order chi connectivity index (χ1) is 11.8. The molecule has 0 amide bonds. The fourth-order valence-corrected chi connectivity index (χ4v) is 3.55. The highest BCUT2D eigenvalue weighted by atomic mass is 35.5. The second-order valence-electron chi connectivity index (χ2n) is 6.05. The number of carbonyl (C=O) groups is 1. The van der Waals surface area contributed by atoms with E-state index in [-0.39, 0.29) is 47.0 Å². The molecule has 0 fully saturated rings. The lowest BCUT2D eigenvalue weighted by Crippen LogP contribution is -2.36. The van der Waals surface area contributed by atoms with Crippen LogP contribution in [0.3, 0.4) is 0 Å². The maximum absolute atomic E-state index is 15.5. The maximum Gasteiger partial charge on any atom is 0.195 e. The molecule has 25 heavy (non-hydrogen) atoms. The van der Waals surface area contributed by atoms with Crippen LogP contribution in [0.25, 0.3) is 0 Å². The number of Topliss-reactive ketones (excluding diaryl/α,β-unsaturated/α-hetero) is 1. The summed E-state index contributed by atoms with van der Waals surface area (Å²) >= 11 is 11.7. The van der Waals surface area contributed by atoms with Crippen LogP contribution in [0.5, 0.6) is 0 Å². The van der Waals surface area contributed by atoms with Crippen LogP contribution in [0, 0.1) is 5.82 Å². The van der Waals surface area contributed by atoms with Crippen LogP contribution in [0.2, 0.25) is 10.0 Å². The summed E-state index contributed by atoms with van der Waals surface area (Å²) in [5.41, 5.74) is -1.40. The molecular formula is C18H15Cl2F2NO2. The molecule has 0 aliphatic heterocycles. The van der Waals surface area contributed by atoms with Gasteiger partial charge in [0.2, 0.25) is 0 Å². The first kappa shape index (κ1) is 18.2. The van der Waals surface area contributed by atoms with Crippen molar-refractivity contribution >= 4 is 29.0 Å². The van der Waals surface area contributed by atoms with Crippen LogP contribution in [-0.4, -0.2) is 15.9 Å². The van der Waals surface area contributed by atoms with Crippen LogP contribution in [0.15, 0.2) is 30.5 Å². The number of nitrogens with zero attached hydrogens (tertiary/aromatic N) is 1. The van der Waals surface area contributed by atoms with E-state index in [1.807, 2.05) is 0 Å². The topological polar surface area (TPSA) is 50.2 Å². The number of fused-ring (bicyclic) bond motifs is 1. The average molecular weight is 386 g/mol. The van der Waals surface area contributed by atoms with E-state index in [4.69, 9.17) is 23.2 Å². The van der Waals surface area contributed by atoms with Gasteiger partial charge in [0, 0.05) is 18.2 Å². The molecule has 2 aromatic rings. The summed E-state index contributed by atoms with van der Waals surface area (Å²) in [5.74, 6) is -1.27. The smallest absolute Gasteiger partial charge is 0.195 e. The molecule has 1 aromatic heterocycles. The number of benzene rings is 1. The van der Waals surface area contributed by atoms with Crippen LogP contribution < -0.4 is 0 Å². The number of alkyl halides is 1. The Balaban J connectivity index is 1.82. The van der Waals surface area contributed by atoms with Gasteiger partial charge in [0.05, 0.1) is 21.8 Å². The Morgan fingerprint density at radius 3 is 2.84 bits per heavy atom. The number of ketones is 1. The van der Waals surface area contributed by atoms with Crippen molar-refractivity contribution in [2.75, 3.05) is 0 Å². The van der Waals surface area contributed by atoms with Gasteiger partial charge in [-0.05, 0) is 37.0 Å². The molecule has 132 valence electrons. The van der Waals surface area contributed by atoms with E-state index < -0.39 is 23.4 Å². The van der Waals surface area contributed by atoms with Crippen LogP contribution in [0.4, 0.5) is 8.78 Å². The Hall–Kier alpha value is -1.56. The number of hydrogen-bond acceptors (Lipinski definition) is 3. The Morgan fingerprint density at radius 1 is 1.32 bits per heavy atom. The zero-order valence-electron chi connectivity index (χ0n) is 13.1. The molecule has 0 spiro atoms. The largest absolute Gasteiger partial charge is 0.387 e. The predicted molar refractivity (Wildman–Crippen MR) is 91.0 cm³/mol. The molecule has 0 saturated carbocycles. The van der Waals surface area contributed by atoms with Crippen molar-refractivity contribution in [3.05, 3.63) is 63.1 Å². The maximum atomic E-state index is 15.5.